The van der Waals surface area contributed by atoms with Crippen molar-refractivity contribution in [1.82, 2.24) is 10.3 Å². The van der Waals surface area contributed by atoms with Crippen molar-refractivity contribution in [3.63, 3.8) is 0 Å². The first-order valence-electron chi connectivity index (χ1n) is 11.1. The number of carbonyl (C=O) groups excluding carboxylic acids is 2. The first-order valence-corrected chi connectivity index (χ1v) is 11.1. The molecule has 1 aliphatic heterocycles. The van der Waals surface area contributed by atoms with Crippen LogP contribution in [0.25, 0.3) is 22.0 Å². The number of pyridine rings is 1. The zero-order valence-corrected chi connectivity index (χ0v) is 18.8. The maximum atomic E-state index is 13.4. The van der Waals surface area contributed by atoms with Crippen molar-refractivity contribution in [2.24, 2.45) is 5.73 Å². The largest absolute Gasteiger partial charge is 0.462 e. The topological polar surface area (TPSA) is 114 Å². The molecule has 0 saturated carbocycles. The molecule has 4 rings (SSSR count). The molecule has 3 atom stereocenters. The normalized spacial score (nSPS) is 18.9. The number of halogens is 3. The van der Waals surface area contributed by atoms with Crippen molar-refractivity contribution in [3.8, 4) is 11.3 Å². The van der Waals surface area contributed by atoms with Crippen LogP contribution in [0.2, 0.25) is 0 Å². The third-order valence-electron chi connectivity index (χ3n) is 6.15. The van der Waals surface area contributed by atoms with Gasteiger partial charge in [-0.3, -0.25) is 14.4 Å². The lowest BCUT2D eigenvalue weighted by atomic mass is 9.93. The summed E-state index contributed by atoms with van der Waals surface area (Å²) in [6.45, 7) is 1.75. The van der Waals surface area contributed by atoms with Gasteiger partial charge in [-0.1, -0.05) is 37.3 Å². The van der Waals surface area contributed by atoms with Gasteiger partial charge in [-0.25, -0.2) is 0 Å². The van der Waals surface area contributed by atoms with Crippen LogP contribution in [0.4, 0.5) is 13.2 Å². The smallest absolute Gasteiger partial charge is 0.417 e. The standard InChI is InChI=1S/C25H24F3N3O4/c1-2-20(29)24(34)35-12-15-11-18(22(32)30-15)13-7-8-14-10-21(31-23(33)17(14)9-13)16-5-3-4-6-19(16)25(26,27)28/h3-10,15,18,20H,2,11-12,29H2,1H3,(H,30,32)(H,31,33)/t15-,18-,20+/m1/s1. The number of benzene rings is 2. The number of carbonyl (C=O) groups is 2. The molecule has 0 aliphatic carbocycles. The molecule has 2 aromatic carbocycles. The number of esters is 1. The fraction of sp³-hybridized carbons (Fsp3) is 0.320. The summed E-state index contributed by atoms with van der Waals surface area (Å²) in [5.74, 6) is -1.37. The molecule has 10 heteroatoms. The van der Waals surface area contributed by atoms with Gasteiger partial charge >= 0.3 is 12.1 Å². The maximum Gasteiger partial charge on any atom is 0.417 e. The van der Waals surface area contributed by atoms with Gasteiger partial charge in [-0.15, -0.1) is 0 Å². The van der Waals surface area contributed by atoms with Crippen LogP contribution in [-0.4, -0.2) is 35.6 Å². The average molecular weight is 487 g/mol. The van der Waals surface area contributed by atoms with E-state index in [1.165, 1.54) is 24.3 Å². The molecule has 1 aromatic heterocycles. The molecule has 0 bridgehead atoms. The molecule has 35 heavy (non-hydrogen) atoms. The molecule has 7 nitrogen and oxygen atoms in total. The van der Waals surface area contributed by atoms with E-state index < -0.39 is 41.3 Å². The van der Waals surface area contributed by atoms with Crippen molar-refractivity contribution in [2.75, 3.05) is 6.61 Å². The second-order valence-corrected chi connectivity index (χ2v) is 8.54. The molecule has 0 spiro atoms. The fourth-order valence-corrected chi connectivity index (χ4v) is 4.21. The monoisotopic (exact) mass is 487 g/mol. The summed E-state index contributed by atoms with van der Waals surface area (Å²) in [7, 11) is 0. The van der Waals surface area contributed by atoms with Crippen molar-refractivity contribution < 1.29 is 27.5 Å². The van der Waals surface area contributed by atoms with E-state index in [4.69, 9.17) is 10.5 Å². The number of nitrogens with one attached hydrogen (secondary N) is 2. The number of H-pyrrole nitrogens is 1. The van der Waals surface area contributed by atoms with Crippen molar-refractivity contribution in [2.45, 2.75) is 43.9 Å². The summed E-state index contributed by atoms with van der Waals surface area (Å²) < 4.78 is 45.5. The number of hydrogen-bond acceptors (Lipinski definition) is 5. The molecule has 1 aliphatic rings. The quantitative estimate of drug-likeness (QED) is 0.461. The molecule has 4 N–H and O–H groups in total. The maximum absolute atomic E-state index is 13.4. The number of alkyl halides is 3. The van der Waals surface area contributed by atoms with Gasteiger partial charge in [0.15, 0.2) is 0 Å². The third-order valence-corrected chi connectivity index (χ3v) is 6.15. The van der Waals surface area contributed by atoms with E-state index in [1.807, 2.05) is 0 Å². The predicted octanol–water partition coefficient (Wildman–Crippen LogP) is 3.47. The van der Waals surface area contributed by atoms with Crippen LogP contribution >= 0.6 is 0 Å². The third kappa shape index (κ3) is 5.07. The van der Waals surface area contributed by atoms with Crippen LogP contribution in [0.5, 0.6) is 0 Å². The lowest BCUT2D eigenvalue weighted by molar-refractivity contribution is -0.146. The Kier molecular flexibility index (Phi) is 6.66. The van der Waals surface area contributed by atoms with Gasteiger partial charge in [-0.2, -0.15) is 13.2 Å². The minimum atomic E-state index is -4.57. The van der Waals surface area contributed by atoms with E-state index in [1.54, 1.807) is 25.1 Å². The molecular formula is C25H24F3N3O4. The first kappa shape index (κ1) is 24.5. The Balaban J connectivity index is 1.59. The average Bonchev–Trinajstić information content (AvgIpc) is 3.21. The molecule has 184 valence electrons. The molecule has 0 radical (unpaired) electrons. The molecular weight excluding hydrogens is 463 g/mol. The van der Waals surface area contributed by atoms with Gasteiger partial charge in [0, 0.05) is 16.6 Å². The molecule has 1 fully saturated rings. The molecule has 1 saturated heterocycles. The summed E-state index contributed by atoms with van der Waals surface area (Å²) in [6.07, 6.45) is -3.78. The van der Waals surface area contributed by atoms with Gasteiger partial charge in [0.25, 0.3) is 5.56 Å². The second kappa shape index (κ2) is 9.53. The summed E-state index contributed by atoms with van der Waals surface area (Å²) in [4.78, 5) is 39.7. The van der Waals surface area contributed by atoms with Crippen molar-refractivity contribution in [3.05, 3.63) is 70.0 Å². The number of fused-ring (bicyclic) bond motifs is 1. The minimum Gasteiger partial charge on any atom is -0.462 e. The fourth-order valence-electron chi connectivity index (χ4n) is 4.21. The SMILES string of the molecule is CC[C@H](N)C(=O)OC[C@H]1C[C@H](c2ccc3cc(-c4ccccc4C(F)(F)F)[nH]c(=O)c3c2)C(=O)N1. The van der Waals surface area contributed by atoms with Gasteiger partial charge < -0.3 is 20.8 Å². The highest BCUT2D eigenvalue weighted by atomic mass is 19.4. The van der Waals surface area contributed by atoms with E-state index in [2.05, 4.69) is 10.3 Å². The number of amides is 1. The molecule has 3 aromatic rings. The first-order chi connectivity index (χ1) is 16.6. The zero-order valence-electron chi connectivity index (χ0n) is 18.8. The van der Waals surface area contributed by atoms with Crippen LogP contribution in [0.3, 0.4) is 0 Å². The number of aromatic nitrogens is 1. The second-order valence-electron chi connectivity index (χ2n) is 8.54. The highest BCUT2D eigenvalue weighted by molar-refractivity contribution is 5.90. The van der Waals surface area contributed by atoms with E-state index in [0.717, 1.165) is 6.07 Å². The Hall–Kier alpha value is -3.66. The number of aromatic amines is 1. The van der Waals surface area contributed by atoms with Crippen LogP contribution in [-0.2, 0) is 20.5 Å². The van der Waals surface area contributed by atoms with Crippen molar-refractivity contribution >= 4 is 22.6 Å². The van der Waals surface area contributed by atoms with Gasteiger partial charge in [0.1, 0.15) is 12.6 Å². The highest BCUT2D eigenvalue weighted by Crippen LogP contribution is 2.37. The Morgan fingerprint density at radius 3 is 2.63 bits per heavy atom. The predicted molar refractivity (Wildman–Crippen MR) is 124 cm³/mol. The molecule has 2 heterocycles. The molecule has 0 unspecified atom stereocenters. The summed E-state index contributed by atoms with van der Waals surface area (Å²) in [5.41, 5.74) is 4.74. The number of nitrogens with two attached hydrogens (primary N) is 1. The van der Waals surface area contributed by atoms with Crippen LogP contribution in [0.1, 0.15) is 36.8 Å². The Bertz CT molecular complexity index is 1340. The van der Waals surface area contributed by atoms with Gasteiger partial charge in [-0.05, 0) is 42.0 Å². The summed E-state index contributed by atoms with van der Waals surface area (Å²) >= 11 is 0. The van der Waals surface area contributed by atoms with E-state index >= 15 is 0 Å². The zero-order chi connectivity index (χ0) is 25.3. The summed E-state index contributed by atoms with van der Waals surface area (Å²) in [6, 6.07) is 10.3. The minimum absolute atomic E-state index is 0.00902. The lowest BCUT2D eigenvalue weighted by Gasteiger charge is -2.14. The Morgan fingerprint density at radius 1 is 1.17 bits per heavy atom. The van der Waals surface area contributed by atoms with E-state index in [9.17, 15) is 27.6 Å². The van der Waals surface area contributed by atoms with E-state index in [0.29, 0.717) is 23.8 Å². The van der Waals surface area contributed by atoms with Crippen LogP contribution < -0.4 is 16.6 Å². The summed E-state index contributed by atoms with van der Waals surface area (Å²) in [5, 5.41) is 3.48. The number of ether oxygens (including phenoxy) is 1. The van der Waals surface area contributed by atoms with E-state index in [-0.39, 0.29) is 29.2 Å². The molecule has 1 amide bonds. The Morgan fingerprint density at radius 2 is 1.91 bits per heavy atom. The van der Waals surface area contributed by atoms with Gasteiger partial charge in [0.2, 0.25) is 5.91 Å². The van der Waals surface area contributed by atoms with Crippen LogP contribution in [0.15, 0.2) is 53.3 Å². The number of rotatable bonds is 6. The highest BCUT2D eigenvalue weighted by Gasteiger charge is 2.35. The lowest BCUT2D eigenvalue weighted by Crippen LogP contribution is -2.36. The van der Waals surface area contributed by atoms with Gasteiger partial charge in [0.05, 0.1) is 17.5 Å². The number of hydrogen-bond donors (Lipinski definition) is 3. The Labute approximate surface area is 198 Å². The van der Waals surface area contributed by atoms with Crippen molar-refractivity contribution in [1.29, 1.82) is 0 Å². The van der Waals surface area contributed by atoms with Crippen LogP contribution in [0, 0.1) is 0 Å².